The normalized spacial score (nSPS) is 15.0. The number of aryl methyl sites for hydroxylation is 1. The molecule has 178 valence electrons. The molecule has 1 aliphatic rings. The van der Waals surface area contributed by atoms with Gasteiger partial charge < -0.3 is 20.7 Å². The molecule has 1 saturated carbocycles. The minimum absolute atomic E-state index is 0.0996. The molecule has 0 saturated heterocycles. The van der Waals surface area contributed by atoms with Gasteiger partial charge in [0, 0.05) is 35.7 Å². The van der Waals surface area contributed by atoms with Gasteiger partial charge in [-0.25, -0.2) is 4.98 Å². The molecular weight excluding hydrogens is 457 g/mol. The first-order valence-corrected chi connectivity index (χ1v) is 9.81. The number of rotatable bonds is 7. The standard InChI is InChI=1S/C20H19F3N8O3/c1-24-19(33)16-13(8-15(28-29-16)27-18(32)10-3-4-10)26-12-6-5-11(17-25-9-31(2)30-17)7-14(12)34-20(21,22)23/h5-10H,3-4H2,1-2H3,(H,24,33)(H2,26,27,28,32)/i1D3. The Kier molecular flexibility index (Phi) is 5.07. The Hall–Kier alpha value is -4.23. The van der Waals surface area contributed by atoms with Gasteiger partial charge in [-0.2, -0.15) is 5.10 Å². The number of hydrogen-bond acceptors (Lipinski definition) is 8. The molecule has 0 spiro atoms. The lowest BCUT2D eigenvalue weighted by Crippen LogP contribution is -2.23. The van der Waals surface area contributed by atoms with Crippen LogP contribution in [0.3, 0.4) is 0 Å². The van der Waals surface area contributed by atoms with Gasteiger partial charge in [-0.3, -0.25) is 14.3 Å². The molecule has 0 atom stereocenters. The predicted molar refractivity (Wildman–Crippen MR) is 113 cm³/mol. The number of nitrogens with one attached hydrogen (secondary N) is 3. The number of carbonyl (C=O) groups is 2. The van der Waals surface area contributed by atoms with Gasteiger partial charge in [0.1, 0.15) is 6.33 Å². The third kappa shape index (κ3) is 5.39. The molecule has 0 aliphatic heterocycles. The molecule has 1 fully saturated rings. The number of benzene rings is 1. The molecule has 0 bridgehead atoms. The fraction of sp³-hybridized carbons (Fsp3) is 0.300. The smallest absolute Gasteiger partial charge is 0.404 e. The molecule has 2 amide bonds. The molecule has 2 heterocycles. The Morgan fingerprint density at radius 3 is 2.65 bits per heavy atom. The predicted octanol–water partition coefficient (Wildman–Crippen LogP) is 2.62. The maximum absolute atomic E-state index is 13.2. The summed E-state index contributed by atoms with van der Waals surface area (Å²) in [6.07, 6.45) is -2.33. The van der Waals surface area contributed by atoms with Crippen LogP contribution in [0.5, 0.6) is 5.75 Å². The zero-order chi connectivity index (χ0) is 27.0. The fourth-order valence-electron chi connectivity index (χ4n) is 2.94. The van der Waals surface area contributed by atoms with E-state index in [0.717, 1.165) is 12.1 Å². The van der Waals surface area contributed by atoms with Crippen molar-refractivity contribution in [3.05, 3.63) is 36.3 Å². The first kappa shape index (κ1) is 19.3. The molecule has 1 aliphatic carbocycles. The Labute approximate surface area is 194 Å². The van der Waals surface area contributed by atoms with E-state index < -0.39 is 30.7 Å². The second-order valence-corrected chi connectivity index (χ2v) is 7.34. The van der Waals surface area contributed by atoms with Crippen molar-refractivity contribution in [3.63, 3.8) is 0 Å². The van der Waals surface area contributed by atoms with E-state index in [2.05, 4.69) is 35.7 Å². The van der Waals surface area contributed by atoms with Crippen LogP contribution in [-0.4, -0.2) is 50.1 Å². The van der Waals surface area contributed by atoms with Gasteiger partial charge in [-0.1, -0.05) is 0 Å². The van der Waals surface area contributed by atoms with Gasteiger partial charge in [0.05, 0.1) is 11.4 Å². The van der Waals surface area contributed by atoms with E-state index in [1.165, 1.54) is 23.1 Å². The number of carbonyl (C=O) groups excluding carboxylic acids is 2. The molecule has 1 aromatic carbocycles. The van der Waals surface area contributed by atoms with Crippen LogP contribution >= 0.6 is 0 Å². The van der Waals surface area contributed by atoms with Gasteiger partial charge in [0.25, 0.3) is 5.91 Å². The highest BCUT2D eigenvalue weighted by Crippen LogP contribution is 2.36. The Morgan fingerprint density at radius 2 is 2.00 bits per heavy atom. The molecular formula is C20H19F3N8O3. The van der Waals surface area contributed by atoms with E-state index in [0.29, 0.717) is 12.8 Å². The number of nitrogens with zero attached hydrogens (tertiary/aromatic N) is 5. The number of anilines is 3. The highest BCUT2D eigenvalue weighted by atomic mass is 19.4. The van der Waals surface area contributed by atoms with Crippen molar-refractivity contribution in [2.45, 2.75) is 19.2 Å². The molecule has 3 N–H and O–H groups in total. The van der Waals surface area contributed by atoms with Crippen molar-refractivity contribution >= 4 is 29.0 Å². The summed E-state index contributed by atoms with van der Waals surface area (Å²) in [4.78, 5) is 28.7. The fourth-order valence-corrected chi connectivity index (χ4v) is 2.94. The first-order chi connectivity index (χ1) is 17.3. The van der Waals surface area contributed by atoms with Crippen LogP contribution in [0.4, 0.5) is 30.4 Å². The Balaban J connectivity index is 1.73. The molecule has 34 heavy (non-hydrogen) atoms. The maximum Gasteiger partial charge on any atom is 0.573 e. The van der Waals surface area contributed by atoms with E-state index in [1.807, 2.05) is 0 Å². The zero-order valence-electron chi connectivity index (χ0n) is 20.5. The average Bonchev–Trinajstić information content (AvgIpc) is 3.54. The van der Waals surface area contributed by atoms with Crippen molar-refractivity contribution in [1.29, 1.82) is 0 Å². The summed E-state index contributed by atoms with van der Waals surface area (Å²) < 4.78 is 66.9. The van der Waals surface area contributed by atoms with Gasteiger partial charge in [0.2, 0.25) is 5.91 Å². The summed E-state index contributed by atoms with van der Waals surface area (Å²) in [5, 5.41) is 18.3. The van der Waals surface area contributed by atoms with E-state index >= 15 is 0 Å². The number of alkyl halides is 3. The third-order valence-electron chi connectivity index (χ3n) is 4.66. The topological polar surface area (TPSA) is 136 Å². The first-order valence-electron chi connectivity index (χ1n) is 11.3. The third-order valence-corrected chi connectivity index (χ3v) is 4.66. The molecule has 11 nitrogen and oxygen atoms in total. The van der Waals surface area contributed by atoms with Crippen LogP contribution < -0.4 is 20.7 Å². The SMILES string of the molecule is [2H]C([2H])([2H])NC(=O)c1nnc(NC(=O)C2CC2)cc1Nc1ccc(-c2ncn(C)n2)cc1OC(F)(F)F. The number of ether oxygens (including phenoxy) is 1. The lowest BCUT2D eigenvalue weighted by molar-refractivity contribution is -0.274. The molecule has 0 radical (unpaired) electrons. The largest absolute Gasteiger partial charge is 0.573 e. The Morgan fingerprint density at radius 1 is 1.21 bits per heavy atom. The summed E-state index contributed by atoms with van der Waals surface area (Å²) >= 11 is 0. The van der Waals surface area contributed by atoms with Crippen LogP contribution in [-0.2, 0) is 11.8 Å². The summed E-state index contributed by atoms with van der Waals surface area (Å²) in [7, 11) is 1.58. The van der Waals surface area contributed by atoms with Crippen molar-refractivity contribution < 1.29 is 31.6 Å². The van der Waals surface area contributed by atoms with E-state index in [-0.39, 0.29) is 40.4 Å². The minimum Gasteiger partial charge on any atom is -0.404 e. The van der Waals surface area contributed by atoms with Crippen molar-refractivity contribution in [2.75, 3.05) is 17.6 Å². The minimum atomic E-state index is -5.08. The highest BCUT2D eigenvalue weighted by molar-refractivity contribution is 5.99. The van der Waals surface area contributed by atoms with Gasteiger partial charge in [0.15, 0.2) is 23.1 Å². The highest BCUT2D eigenvalue weighted by Gasteiger charge is 2.33. The lowest BCUT2D eigenvalue weighted by atomic mass is 10.1. The second-order valence-electron chi connectivity index (χ2n) is 7.34. The van der Waals surface area contributed by atoms with Crippen molar-refractivity contribution in [3.8, 4) is 17.1 Å². The maximum atomic E-state index is 13.2. The summed E-state index contributed by atoms with van der Waals surface area (Å²) in [5.41, 5.74) is -0.837. The second kappa shape index (κ2) is 8.96. The number of amides is 2. The quantitative estimate of drug-likeness (QED) is 0.471. The van der Waals surface area contributed by atoms with Gasteiger partial charge in [-0.15, -0.1) is 23.4 Å². The molecule has 2 aromatic heterocycles. The zero-order valence-corrected chi connectivity index (χ0v) is 17.5. The molecule has 4 rings (SSSR count). The number of halogens is 3. The average molecular weight is 479 g/mol. The Bertz CT molecular complexity index is 1340. The van der Waals surface area contributed by atoms with E-state index in [1.54, 1.807) is 12.4 Å². The van der Waals surface area contributed by atoms with Crippen LogP contribution in [0.25, 0.3) is 11.4 Å². The van der Waals surface area contributed by atoms with Crippen molar-refractivity contribution in [2.24, 2.45) is 13.0 Å². The van der Waals surface area contributed by atoms with E-state index in [4.69, 9.17) is 4.11 Å². The van der Waals surface area contributed by atoms with Crippen molar-refractivity contribution in [1.82, 2.24) is 30.3 Å². The summed E-state index contributed by atoms with van der Waals surface area (Å²) in [6, 6.07) is 4.82. The summed E-state index contributed by atoms with van der Waals surface area (Å²) in [5.74, 6) is -2.38. The number of aromatic nitrogens is 5. The van der Waals surface area contributed by atoms with Crippen LogP contribution in [0.15, 0.2) is 30.6 Å². The van der Waals surface area contributed by atoms with Gasteiger partial charge >= 0.3 is 6.36 Å². The molecule has 3 aromatic rings. The molecule has 14 heteroatoms. The van der Waals surface area contributed by atoms with Crippen LogP contribution in [0.1, 0.15) is 27.4 Å². The lowest BCUT2D eigenvalue weighted by Gasteiger charge is -2.17. The van der Waals surface area contributed by atoms with Crippen LogP contribution in [0, 0.1) is 5.92 Å². The molecule has 0 unspecified atom stereocenters. The van der Waals surface area contributed by atoms with Crippen LogP contribution in [0.2, 0.25) is 0 Å². The number of hydrogen-bond donors (Lipinski definition) is 3. The van der Waals surface area contributed by atoms with Gasteiger partial charge in [-0.05, 0) is 31.0 Å². The summed E-state index contributed by atoms with van der Waals surface area (Å²) in [6.45, 7) is -2.88. The van der Waals surface area contributed by atoms with E-state index in [9.17, 15) is 22.8 Å². The monoisotopic (exact) mass is 479 g/mol.